The maximum absolute atomic E-state index is 14.8. The SMILES string of the molecule is CC(C)(C)OC(=O)C12CC3[C@H]4COc5cc(Br)c(F)c6nc(Cl)nc(c56)N4C[C@@H](C1)N32. The van der Waals surface area contributed by atoms with Crippen molar-refractivity contribution in [1.82, 2.24) is 14.9 Å². The lowest BCUT2D eigenvalue weighted by Gasteiger charge is -2.73. The molecule has 0 spiro atoms. The first-order chi connectivity index (χ1) is 14.6. The van der Waals surface area contributed by atoms with Crippen LogP contribution in [0.15, 0.2) is 10.5 Å². The first kappa shape index (κ1) is 19.9. The Hall–Kier alpha value is -1.71. The Morgan fingerprint density at radius 2 is 2.13 bits per heavy atom. The molecule has 7 nitrogen and oxygen atoms in total. The summed E-state index contributed by atoms with van der Waals surface area (Å²) in [6, 6.07) is 1.92. The summed E-state index contributed by atoms with van der Waals surface area (Å²) in [6.07, 6.45) is 1.45. The highest BCUT2D eigenvalue weighted by molar-refractivity contribution is 9.10. The van der Waals surface area contributed by atoms with Crippen LogP contribution in [0.3, 0.4) is 0 Å². The average Bonchev–Trinajstić information content (AvgIpc) is 2.77. The van der Waals surface area contributed by atoms with Crippen molar-refractivity contribution in [3.8, 4) is 5.75 Å². The van der Waals surface area contributed by atoms with E-state index in [1.165, 1.54) is 0 Å². The van der Waals surface area contributed by atoms with Crippen molar-refractivity contribution in [2.24, 2.45) is 0 Å². The number of benzene rings is 1. The Bertz CT molecular complexity index is 1160. The predicted molar refractivity (Wildman–Crippen MR) is 116 cm³/mol. The molecular formula is C21H21BrClFN4O3. The van der Waals surface area contributed by atoms with Crippen LogP contribution < -0.4 is 9.64 Å². The van der Waals surface area contributed by atoms with Crippen molar-refractivity contribution >= 4 is 50.2 Å². The van der Waals surface area contributed by atoms with E-state index >= 15 is 0 Å². The van der Waals surface area contributed by atoms with Crippen LogP contribution in [0.25, 0.3) is 10.9 Å². The van der Waals surface area contributed by atoms with E-state index in [1.807, 2.05) is 20.8 Å². The number of piperazine rings is 1. The standard InChI is InChI=1S/C21H21BrClFN4O3/c1-20(2,3)31-18(29)21-5-9-7-27-12(11(6-21)28(9)21)8-30-13-4-10(22)15(24)16-14(13)17(27)26-19(23)25-16/h4,9,11-12H,5-8H2,1-3H3/t9-,11?,12-,21?/m1/s1. The number of ether oxygens (including phenoxy) is 2. The lowest BCUT2D eigenvalue weighted by atomic mass is 9.60. The van der Waals surface area contributed by atoms with Crippen molar-refractivity contribution < 1.29 is 18.7 Å². The molecule has 4 aliphatic rings. The van der Waals surface area contributed by atoms with Gasteiger partial charge in [-0.05, 0) is 67.2 Å². The molecule has 0 radical (unpaired) electrons. The fourth-order valence-corrected chi connectivity index (χ4v) is 6.30. The topological polar surface area (TPSA) is 67.8 Å². The molecule has 5 heterocycles. The second-order valence-electron chi connectivity index (χ2n) is 9.81. The van der Waals surface area contributed by atoms with Crippen LogP contribution in [0.5, 0.6) is 5.75 Å². The number of halogens is 3. The molecular weight excluding hydrogens is 491 g/mol. The highest BCUT2D eigenvalue weighted by Gasteiger charge is 2.72. The molecule has 164 valence electrons. The summed E-state index contributed by atoms with van der Waals surface area (Å²) in [6.45, 7) is 6.74. The van der Waals surface area contributed by atoms with Crippen molar-refractivity contribution in [3.05, 3.63) is 21.6 Å². The molecule has 3 saturated heterocycles. The van der Waals surface area contributed by atoms with Gasteiger partial charge in [0.25, 0.3) is 0 Å². The van der Waals surface area contributed by atoms with Gasteiger partial charge < -0.3 is 14.4 Å². The predicted octanol–water partition coefficient (Wildman–Crippen LogP) is 3.69. The number of fused-ring (bicyclic) bond motifs is 3. The monoisotopic (exact) mass is 510 g/mol. The molecule has 31 heavy (non-hydrogen) atoms. The van der Waals surface area contributed by atoms with E-state index in [2.05, 4.69) is 35.7 Å². The van der Waals surface area contributed by atoms with E-state index in [0.29, 0.717) is 36.5 Å². The number of hydrogen-bond acceptors (Lipinski definition) is 7. The Morgan fingerprint density at radius 1 is 1.35 bits per heavy atom. The zero-order valence-corrected chi connectivity index (χ0v) is 19.6. The first-order valence-corrected chi connectivity index (χ1v) is 11.5. The fourth-order valence-electron chi connectivity index (χ4n) is 5.74. The van der Waals surface area contributed by atoms with E-state index in [0.717, 1.165) is 6.42 Å². The van der Waals surface area contributed by atoms with Gasteiger partial charge in [-0.15, -0.1) is 0 Å². The maximum Gasteiger partial charge on any atom is 0.327 e. The largest absolute Gasteiger partial charge is 0.490 e. The first-order valence-electron chi connectivity index (χ1n) is 10.4. The van der Waals surface area contributed by atoms with Gasteiger partial charge in [0, 0.05) is 18.6 Å². The molecule has 3 fully saturated rings. The third kappa shape index (κ3) is 2.63. The minimum absolute atomic E-state index is 0.00106. The van der Waals surface area contributed by atoms with Gasteiger partial charge in [0.05, 0.1) is 15.9 Å². The van der Waals surface area contributed by atoms with E-state index in [1.54, 1.807) is 6.07 Å². The number of anilines is 1. The normalized spacial score (nSPS) is 31.0. The summed E-state index contributed by atoms with van der Waals surface area (Å²) >= 11 is 9.44. The molecule has 2 unspecified atom stereocenters. The van der Waals surface area contributed by atoms with Gasteiger partial charge in [0.15, 0.2) is 5.82 Å². The third-order valence-electron chi connectivity index (χ3n) is 6.86. The second kappa shape index (κ2) is 6.20. The minimum Gasteiger partial charge on any atom is -0.490 e. The molecule has 1 aromatic heterocycles. The Labute approximate surface area is 192 Å². The lowest BCUT2D eigenvalue weighted by Crippen LogP contribution is -2.89. The van der Waals surface area contributed by atoms with Crippen LogP contribution >= 0.6 is 27.5 Å². The average molecular weight is 512 g/mol. The summed E-state index contributed by atoms with van der Waals surface area (Å²) in [5.41, 5.74) is -0.896. The number of nitrogens with zero attached hydrogens (tertiary/aromatic N) is 4. The molecule has 0 bridgehead atoms. The Kier molecular flexibility index (Phi) is 3.99. The summed E-state index contributed by atoms with van der Waals surface area (Å²) in [7, 11) is 0. The summed E-state index contributed by atoms with van der Waals surface area (Å²) in [5.74, 6) is 0.503. The van der Waals surface area contributed by atoms with Gasteiger partial charge in [-0.1, -0.05) is 0 Å². The van der Waals surface area contributed by atoms with Crippen molar-refractivity contribution in [2.75, 3.05) is 18.1 Å². The number of esters is 1. The number of carbonyl (C=O) groups excluding carboxylic acids is 1. The molecule has 2 aromatic rings. The van der Waals surface area contributed by atoms with Crippen LogP contribution in [-0.4, -0.2) is 63.3 Å². The van der Waals surface area contributed by atoms with Crippen LogP contribution in [0, 0.1) is 5.82 Å². The summed E-state index contributed by atoms with van der Waals surface area (Å²) < 4.78 is 27.0. The van der Waals surface area contributed by atoms with Crippen molar-refractivity contribution in [2.45, 2.75) is 62.9 Å². The molecule has 0 saturated carbocycles. The number of piperidine rings is 1. The molecule has 1 aromatic carbocycles. The molecule has 0 amide bonds. The fraction of sp³-hybridized carbons (Fsp3) is 0.571. The Morgan fingerprint density at radius 3 is 2.87 bits per heavy atom. The van der Waals surface area contributed by atoms with Crippen LogP contribution in [-0.2, 0) is 9.53 Å². The van der Waals surface area contributed by atoms with E-state index in [4.69, 9.17) is 21.1 Å². The van der Waals surface area contributed by atoms with Gasteiger partial charge in [-0.3, -0.25) is 9.69 Å². The van der Waals surface area contributed by atoms with E-state index in [9.17, 15) is 9.18 Å². The van der Waals surface area contributed by atoms with Crippen LogP contribution in [0.1, 0.15) is 33.6 Å². The van der Waals surface area contributed by atoms with Crippen LogP contribution in [0.4, 0.5) is 10.2 Å². The van der Waals surface area contributed by atoms with Gasteiger partial charge in [0.1, 0.15) is 34.8 Å². The molecule has 4 atom stereocenters. The van der Waals surface area contributed by atoms with Gasteiger partial charge in [-0.2, -0.15) is 4.98 Å². The zero-order valence-electron chi connectivity index (χ0n) is 17.3. The van der Waals surface area contributed by atoms with E-state index in [-0.39, 0.29) is 39.4 Å². The molecule has 0 aliphatic carbocycles. The highest BCUT2D eigenvalue weighted by Crippen LogP contribution is 2.58. The van der Waals surface area contributed by atoms with Gasteiger partial charge in [0.2, 0.25) is 5.28 Å². The Balaban J connectivity index is 1.39. The third-order valence-corrected chi connectivity index (χ3v) is 7.61. The molecule has 4 aliphatic heterocycles. The van der Waals surface area contributed by atoms with E-state index < -0.39 is 17.0 Å². The lowest BCUT2D eigenvalue weighted by molar-refractivity contribution is -0.240. The molecule has 6 rings (SSSR count). The highest BCUT2D eigenvalue weighted by atomic mass is 79.9. The minimum atomic E-state index is -0.526. The number of rotatable bonds is 1. The van der Waals surface area contributed by atoms with Gasteiger partial charge >= 0.3 is 5.97 Å². The number of aromatic nitrogens is 2. The maximum atomic E-state index is 14.8. The molecule has 0 N–H and O–H groups in total. The zero-order chi connectivity index (χ0) is 21.9. The molecule has 10 heteroatoms. The summed E-state index contributed by atoms with van der Waals surface area (Å²) in [4.78, 5) is 26.0. The van der Waals surface area contributed by atoms with Gasteiger partial charge in [-0.25, -0.2) is 9.37 Å². The quantitative estimate of drug-likeness (QED) is 0.427. The number of hydrogen-bond donors (Lipinski definition) is 0. The van der Waals surface area contributed by atoms with Crippen LogP contribution in [0.2, 0.25) is 5.28 Å². The number of carbonyl (C=O) groups is 1. The summed E-state index contributed by atoms with van der Waals surface area (Å²) in [5, 5.41) is 0.539. The second-order valence-corrected chi connectivity index (χ2v) is 11.0. The smallest absolute Gasteiger partial charge is 0.327 e. The van der Waals surface area contributed by atoms with Crippen molar-refractivity contribution in [1.29, 1.82) is 0 Å². The van der Waals surface area contributed by atoms with Crippen molar-refractivity contribution in [3.63, 3.8) is 0 Å².